The Morgan fingerprint density at radius 2 is 1.96 bits per heavy atom. The minimum Gasteiger partial charge on any atom is -0.465 e. The fourth-order valence-electron chi connectivity index (χ4n) is 3.26. The van der Waals surface area contributed by atoms with E-state index < -0.39 is 16.0 Å². The van der Waals surface area contributed by atoms with Crippen LogP contribution < -0.4 is 0 Å². The van der Waals surface area contributed by atoms with Gasteiger partial charge in [-0.05, 0) is 37.1 Å². The zero-order valence-corrected chi connectivity index (χ0v) is 18.0. The van der Waals surface area contributed by atoms with E-state index in [0.29, 0.717) is 37.3 Å². The third-order valence-electron chi connectivity index (χ3n) is 4.83. The monoisotopic (exact) mass is 423 g/mol. The van der Waals surface area contributed by atoms with Crippen LogP contribution in [0.3, 0.4) is 0 Å². The van der Waals surface area contributed by atoms with Crippen LogP contribution in [0.2, 0.25) is 0 Å². The van der Waals surface area contributed by atoms with Gasteiger partial charge in [0.25, 0.3) is 0 Å². The molecule has 0 bridgehead atoms. The number of esters is 1. The minimum atomic E-state index is -3.60. The molecule has 1 aliphatic heterocycles. The van der Waals surface area contributed by atoms with Crippen molar-refractivity contribution in [1.82, 2.24) is 14.2 Å². The summed E-state index contributed by atoms with van der Waals surface area (Å²) in [7, 11) is -2.29. The molecule has 1 aliphatic rings. The lowest BCUT2D eigenvalue weighted by Crippen LogP contribution is -2.48. The van der Waals surface area contributed by atoms with Gasteiger partial charge in [0.1, 0.15) is 0 Å². The fourth-order valence-corrected chi connectivity index (χ4v) is 5.63. The van der Waals surface area contributed by atoms with Gasteiger partial charge in [-0.15, -0.1) is 11.3 Å². The number of sulfonamides is 1. The maximum Gasteiger partial charge on any atom is 0.337 e. The van der Waals surface area contributed by atoms with Crippen molar-refractivity contribution in [1.29, 1.82) is 0 Å². The molecule has 2 aromatic rings. The van der Waals surface area contributed by atoms with Crippen molar-refractivity contribution in [2.45, 2.75) is 31.7 Å². The molecular weight excluding hydrogens is 398 g/mol. The summed E-state index contributed by atoms with van der Waals surface area (Å²) in [5, 5.41) is 3.20. The Bertz CT molecular complexity index is 948. The molecule has 0 spiro atoms. The first-order valence-electron chi connectivity index (χ1n) is 9.20. The topological polar surface area (TPSA) is 79.8 Å². The van der Waals surface area contributed by atoms with Gasteiger partial charge in [-0.3, -0.25) is 4.90 Å². The first kappa shape index (κ1) is 20.9. The SMILES string of the molecule is CCc1nc(CN2CCN(S(=O)(=O)c3ccc(C(=O)OC)cc3C)CC2)cs1. The number of hydrogen-bond acceptors (Lipinski definition) is 7. The van der Waals surface area contributed by atoms with Crippen molar-refractivity contribution in [2.75, 3.05) is 33.3 Å². The van der Waals surface area contributed by atoms with Crippen LogP contribution in [0.5, 0.6) is 0 Å². The van der Waals surface area contributed by atoms with E-state index in [1.807, 2.05) is 0 Å². The lowest BCUT2D eigenvalue weighted by molar-refractivity contribution is 0.0600. The van der Waals surface area contributed by atoms with Crippen LogP contribution >= 0.6 is 11.3 Å². The number of thiazole rings is 1. The van der Waals surface area contributed by atoms with Crippen molar-refractivity contribution in [2.24, 2.45) is 0 Å². The average Bonchev–Trinajstić information content (AvgIpc) is 3.15. The van der Waals surface area contributed by atoms with Gasteiger partial charge in [-0.2, -0.15) is 4.31 Å². The van der Waals surface area contributed by atoms with Crippen LogP contribution in [-0.4, -0.2) is 61.9 Å². The molecule has 0 atom stereocenters. The Labute approximate surface area is 170 Å². The summed E-state index contributed by atoms with van der Waals surface area (Å²) in [4.78, 5) is 18.7. The maximum absolute atomic E-state index is 13.0. The highest BCUT2D eigenvalue weighted by atomic mass is 32.2. The van der Waals surface area contributed by atoms with E-state index in [1.165, 1.54) is 23.5 Å². The number of carbonyl (C=O) groups is 1. The van der Waals surface area contributed by atoms with Gasteiger partial charge in [0.2, 0.25) is 10.0 Å². The Kier molecular flexibility index (Phi) is 6.49. The van der Waals surface area contributed by atoms with Gasteiger partial charge in [0.05, 0.1) is 28.3 Å². The van der Waals surface area contributed by atoms with E-state index in [9.17, 15) is 13.2 Å². The Morgan fingerprint density at radius 1 is 1.25 bits per heavy atom. The van der Waals surface area contributed by atoms with Crippen LogP contribution in [0.4, 0.5) is 0 Å². The van der Waals surface area contributed by atoms with Gasteiger partial charge in [-0.25, -0.2) is 18.2 Å². The van der Waals surface area contributed by atoms with Crippen molar-refractivity contribution in [3.63, 3.8) is 0 Å². The molecule has 0 N–H and O–H groups in total. The van der Waals surface area contributed by atoms with Gasteiger partial charge < -0.3 is 4.74 Å². The number of nitrogens with zero attached hydrogens (tertiary/aromatic N) is 3. The third kappa shape index (κ3) is 4.43. The van der Waals surface area contributed by atoms with Crippen LogP contribution in [-0.2, 0) is 27.7 Å². The predicted octanol–water partition coefficient (Wildman–Crippen LogP) is 2.31. The molecule has 1 aromatic carbocycles. The first-order valence-corrected chi connectivity index (χ1v) is 11.5. The molecule has 9 heteroatoms. The summed E-state index contributed by atoms with van der Waals surface area (Å²) in [5.74, 6) is -0.478. The van der Waals surface area contributed by atoms with Crippen LogP contribution in [0, 0.1) is 6.92 Å². The molecule has 0 saturated carbocycles. The van der Waals surface area contributed by atoms with E-state index in [4.69, 9.17) is 4.74 Å². The number of aromatic nitrogens is 1. The normalized spacial score (nSPS) is 16.2. The number of hydrogen-bond donors (Lipinski definition) is 0. The lowest BCUT2D eigenvalue weighted by Gasteiger charge is -2.33. The highest BCUT2D eigenvalue weighted by Gasteiger charge is 2.30. The highest BCUT2D eigenvalue weighted by molar-refractivity contribution is 7.89. The zero-order valence-electron chi connectivity index (χ0n) is 16.3. The number of carbonyl (C=O) groups excluding carboxylic acids is 1. The van der Waals surface area contributed by atoms with Gasteiger partial charge in [-0.1, -0.05) is 6.92 Å². The molecule has 152 valence electrons. The number of ether oxygens (including phenoxy) is 1. The molecule has 1 saturated heterocycles. The van der Waals surface area contributed by atoms with Crippen molar-refractivity contribution in [3.05, 3.63) is 45.4 Å². The van der Waals surface area contributed by atoms with E-state index in [2.05, 4.69) is 22.2 Å². The molecule has 2 heterocycles. The number of methoxy groups -OCH3 is 1. The molecule has 0 aliphatic carbocycles. The van der Waals surface area contributed by atoms with Crippen molar-refractivity contribution < 1.29 is 17.9 Å². The van der Waals surface area contributed by atoms with E-state index in [-0.39, 0.29) is 4.90 Å². The second-order valence-corrected chi connectivity index (χ2v) is 9.59. The molecule has 0 amide bonds. The quantitative estimate of drug-likeness (QED) is 0.664. The summed E-state index contributed by atoms with van der Waals surface area (Å²) in [5.41, 5.74) is 1.94. The van der Waals surface area contributed by atoms with Crippen LogP contribution in [0.25, 0.3) is 0 Å². The summed E-state index contributed by atoms with van der Waals surface area (Å²) >= 11 is 1.67. The van der Waals surface area contributed by atoms with Gasteiger partial charge in [0, 0.05) is 38.1 Å². The zero-order chi connectivity index (χ0) is 20.3. The molecule has 1 fully saturated rings. The molecule has 28 heavy (non-hydrogen) atoms. The van der Waals surface area contributed by atoms with Crippen molar-refractivity contribution >= 4 is 27.3 Å². The number of piperazine rings is 1. The number of benzene rings is 1. The minimum absolute atomic E-state index is 0.237. The molecule has 3 rings (SSSR count). The van der Waals surface area contributed by atoms with E-state index in [0.717, 1.165) is 23.7 Å². The predicted molar refractivity (Wildman–Crippen MR) is 108 cm³/mol. The molecule has 0 unspecified atom stereocenters. The molecule has 7 nitrogen and oxygen atoms in total. The smallest absolute Gasteiger partial charge is 0.337 e. The Balaban J connectivity index is 1.66. The molecule has 1 aromatic heterocycles. The van der Waals surface area contributed by atoms with Gasteiger partial charge in [0.15, 0.2) is 0 Å². The third-order valence-corrected chi connectivity index (χ3v) is 7.93. The number of rotatable bonds is 6. The summed E-state index contributed by atoms with van der Waals surface area (Å²) in [6.07, 6.45) is 0.935. The standard InChI is InChI=1S/C19H25N3O4S2/c1-4-18-20-16(13-27-18)12-21-7-9-22(10-8-21)28(24,25)17-6-5-15(11-14(17)2)19(23)26-3/h5-6,11,13H,4,7-10,12H2,1-3H3. The summed E-state index contributed by atoms with van der Waals surface area (Å²) < 4.78 is 32.3. The van der Waals surface area contributed by atoms with Crippen LogP contribution in [0.1, 0.15) is 33.5 Å². The molecular formula is C19H25N3O4S2. The van der Waals surface area contributed by atoms with E-state index >= 15 is 0 Å². The second kappa shape index (κ2) is 8.69. The first-order chi connectivity index (χ1) is 13.3. The Hall–Kier alpha value is -1.81. The number of aryl methyl sites for hydroxylation is 2. The average molecular weight is 424 g/mol. The van der Waals surface area contributed by atoms with Crippen LogP contribution in [0.15, 0.2) is 28.5 Å². The Morgan fingerprint density at radius 3 is 2.54 bits per heavy atom. The summed E-state index contributed by atoms with van der Waals surface area (Å²) in [6.45, 7) is 6.73. The van der Waals surface area contributed by atoms with Gasteiger partial charge >= 0.3 is 5.97 Å². The largest absolute Gasteiger partial charge is 0.465 e. The molecule has 0 radical (unpaired) electrons. The highest BCUT2D eigenvalue weighted by Crippen LogP contribution is 2.23. The van der Waals surface area contributed by atoms with E-state index in [1.54, 1.807) is 24.3 Å². The second-order valence-electron chi connectivity index (χ2n) is 6.74. The van der Waals surface area contributed by atoms with Crippen molar-refractivity contribution in [3.8, 4) is 0 Å². The lowest BCUT2D eigenvalue weighted by atomic mass is 10.1. The summed E-state index contributed by atoms with van der Waals surface area (Å²) in [6, 6.07) is 4.54. The maximum atomic E-state index is 13.0. The fraction of sp³-hybridized carbons (Fsp3) is 0.474.